The van der Waals surface area contributed by atoms with Crippen LogP contribution in [0.2, 0.25) is 0 Å². The molecule has 0 aliphatic heterocycles. The second-order valence-electron chi connectivity index (χ2n) is 8.32. The van der Waals surface area contributed by atoms with E-state index in [1.165, 1.54) is 71.1 Å². The molecule has 2 unspecified atom stereocenters. The molecule has 0 aliphatic rings. The molecule has 0 aromatic carbocycles. The third kappa shape index (κ3) is 14.3. The summed E-state index contributed by atoms with van der Waals surface area (Å²) >= 11 is 0. The van der Waals surface area contributed by atoms with Crippen LogP contribution < -0.4 is 0 Å². The molecule has 0 aromatic rings. The zero-order chi connectivity index (χ0) is 22.0. The fourth-order valence-electron chi connectivity index (χ4n) is 3.75. The number of rotatable bonds is 20. The van der Waals surface area contributed by atoms with E-state index in [4.69, 9.17) is 4.74 Å². The van der Waals surface area contributed by atoms with Gasteiger partial charge in [-0.05, 0) is 19.8 Å². The van der Waals surface area contributed by atoms with Crippen LogP contribution in [0.5, 0.6) is 0 Å². The van der Waals surface area contributed by atoms with Gasteiger partial charge in [0.25, 0.3) is 0 Å². The van der Waals surface area contributed by atoms with E-state index in [1.807, 2.05) is 0 Å². The third-order valence-corrected chi connectivity index (χ3v) is 5.41. The first-order valence-corrected chi connectivity index (χ1v) is 11.6. The lowest BCUT2D eigenvalue weighted by Crippen LogP contribution is -2.45. The lowest BCUT2D eigenvalue weighted by molar-refractivity contribution is -0.180. The Bertz CT molecular complexity index is 447. The average Bonchev–Trinajstić information content (AvgIpc) is 2.67. The van der Waals surface area contributed by atoms with Gasteiger partial charge in [0.2, 0.25) is 5.60 Å². The summed E-state index contributed by atoms with van der Waals surface area (Å²) in [5.41, 5.74) is -1.67. The summed E-state index contributed by atoms with van der Waals surface area (Å²) in [6.45, 7) is 7.08. The van der Waals surface area contributed by atoms with Crippen LogP contribution >= 0.6 is 0 Å². The molecule has 170 valence electrons. The molecule has 2 atom stereocenters. The van der Waals surface area contributed by atoms with E-state index in [1.54, 1.807) is 0 Å². The van der Waals surface area contributed by atoms with E-state index in [0.717, 1.165) is 25.3 Å². The predicted molar refractivity (Wildman–Crippen MR) is 118 cm³/mol. The molecule has 0 aromatic heterocycles. The minimum atomic E-state index is -1.67. The second kappa shape index (κ2) is 17.5. The first kappa shape index (κ1) is 27.6. The summed E-state index contributed by atoms with van der Waals surface area (Å²) in [6.07, 6.45) is 17.2. The second-order valence-corrected chi connectivity index (χ2v) is 8.32. The molecule has 0 bridgehead atoms. The molecule has 0 amide bonds. The van der Waals surface area contributed by atoms with Crippen molar-refractivity contribution < 1.29 is 24.5 Å². The molecule has 0 saturated heterocycles. The van der Waals surface area contributed by atoms with Crippen molar-refractivity contribution in [2.75, 3.05) is 0 Å². The Morgan fingerprint density at radius 2 is 1.31 bits per heavy atom. The molecule has 2 N–H and O–H groups in total. The van der Waals surface area contributed by atoms with Gasteiger partial charge in [-0.2, -0.15) is 0 Å². The number of unbranched alkanes of at least 4 members (excludes halogenated alkanes) is 13. The van der Waals surface area contributed by atoms with Gasteiger partial charge in [0.1, 0.15) is 0 Å². The fourth-order valence-corrected chi connectivity index (χ4v) is 3.75. The zero-order valence-corrected chi connectivity index (χ0v) is 18.8. The zero-order valence-electron chi connectivity index (χ0n) is 18.8. The summed E-state index contributed by atoms with van der Waals surface area (Å²) in [4.78, 5) is 23.3. The Morgan fingerprint density at radius 3 is 1.66 bits per heavy atom. The largest absolute Gasteiger partial charge is 0.478 e. The lowest BCUT2D eigenvalue weighted by atomic mass is 9.89. The van der Waals surface area contributed by atoms with Crippen LogP contribution in [-0.2, 0) is 14.3 Å². The van der Waals surface area contributed by atoms with Crippen LogP contribution in [0.1, 0.15) is 117 Å². The van der Waals surface area contributed by atoms with Crippen LogP contribution in [0, 0.1) is 0 Å². The standard InChI is InChI=1S/C24H44O5/c1-4-6-7-8-9-10-11-12-13-14-15-16-17-18-19-24(23(27)28,20-21(3)25)29-22(26)5-2/h5,21,25H,2,4,6-20H2,1,3H3,(H,27,28). The number of aliphatic hydroxyl groups is 1. The maximum Gasteiger partial charge on any atom is 0.348 e. The van der Waals surface area contributed by atoms with Crippen LogP contribution in [0.15, 0.2) is 12.7 Å². The van der Waals surface area contributed by atoms with Gasteiger partial charge in [-0.25, -0.2) is 9.59 Å². The Labute approximate surface area is 177 Å². The minimum absolute atomic E-state index is 0.111. The highest BCUT2D eigenvalue weighted by Crippen LogP contribution is 2.27. The molecule has 0 aliphatic carbocycles. The maximum absolute atomic E-state index is 11.8. The number of carbonyl (C=O) groups is 2. The summed E-state index contributed by atoms with van der Waals surface area (Å²) in [5, 5.41) is 19.3. The van der Waals surface area contributed by atoms with E-state index in [2.05, 4.69) is 13.5 Å². The van der Waals surface area contributed by atoms with Gasteiger partial charge in [-0.15, -0.1) is 0 Å². The summed E-state index contributed by atoms with van der Waals surface area (Å²) in [7, 11) is 0. The number of aliphatic carboxylic acids is 1. The van der Waals surface area contributed by atoms with Crippen LogP contribution in [0.25, 0.3) is 0 Å². The molecular weight excluding hydrogens is 368 g/mol. The summed E-state index contributed by atoms with van der Waals surface area (Å²) in [5.74, 6) is -1.97. The SMILES string of the molecule is C=CC(=O)OC(CCCCCCCCCCCCCCCC)(CC(C)O)C(=O)O. The van der Waals surface area contributed by atoms with E-state index in [-0.39, 0.29) is 12.8 Å². The normalized spacial score (nSPS) is 14.2. The molecular formula is C24H44O5. The molecule has 0 spiro atoms. The number of carbonyl (C=O) groups excluding carboxylic acids is 1. The van der Waals surface area contributed by atoms with Crippen molar-refractivity contribution in [3.05, 3.63) is 12.7 Å². The van der Waals surface area contributed by atoms with Gasteiger partial charge in [0.05, 0.1) is 6.10 Å². The fraction of sp³-hybridized carbons (Fsp3) is 0.833. The Balaban J connectivity index is 3.94. The highest BCUT2D eigenvalue weighted by molar-refractivity contribution is 5.86. The van der Waals surface area contributed by atoms with E-state index in [9.17, 15) is 19.8 Å². The molecule has 5 heteroatoms. The number of hydrogen-bond acceptors (Lipinski definition) is 4. The highest BCUT2D eigenvalue weighted by atomic mass is 16.6. The number of aliphatic hydroxyl groups excluding tert-OH is 1. The van der Waals surface area contributed by atoms with Crippen molar-refractivity contribution in [3.63, 3.8) is 0 Å². The molecule has 0 heterocycles. The summed E-state index contributed by atoms with van der Waals surface area (Å²) < 4.78 is 5.16. The van der Waals surface area contributed by atoms with Crippen LogP contribution in [0.3, 0.4) is 0 Å². The summed E-state index contributed by atoms with van der Waals surface area (Å²) in [6, 6.07) is 0. The number of carboxylic acid groups (broad SMARTS) is 1. The number of ether oxygens (including phenoxy) is 1. The Kier molecular flexibility index (Phi) is 16.7. The first-order chi connectivity index (χ1) is 13.9. The van der Waals surface area contributed by atoms with Gasteiger partial charge < -0.3 is 14.9 Å². The number of carboxylic acids is 1. The molecule has 0 rings (SSSR count). The molecule has 0 radical (unpaired) electrons. The third-order valence-electron chi connectivity index (χ3n) is 5.41. The van der Waals surface area contributed by atoms with Crippen molar-refractivity contribution in [2.24, 2.45) is 0 Å². The van der Waals surface area contributed by atoms with Gasteiger partial charge >= 0.3 is 11.9 Å². The van der Waals surface area contributed by atoms with Gasteiger partial charge in [0, 0.05) is 12.5 Å². The quantitative estimate of drug-likeness (QED) is 0.142. The monoisotopic (exact) mass is 412 g/mol. The van der Waals surface area contributed by atoms with Crippen LogP contribution in [0.4, 0.5) is 0 Å². The van der Waals surface area contributed by atoms with E-state index >= 15 is 0 Å². The Morgan fingerprint density at radius 1 is 0.897 bits per heavy atom. The molecule has 5 nitrogen and oxygen atoms in total. The lowest BCUT2D eigenvalue weighted by Gasteiger charge is -2.30. The topological polar surface area (TPSA) is 83.8 Å². The van der Waals surface area contributed by atoms with Crippen molar-refractivity contribution in [1.82, 2.24) is 0 Å². The van der Waals surface area contributed by atoms with Crippen molar-refractivity contribution >= 4 is 11.9 Å². The Hall–Kier alpha value is -1.36. The van der Waals surface area contributed by atoms with Crippen molar-refractivity contribution in [2.45, 2.75) is 128 Å². The maximum atomic E-state index is 11.8. The van der Waals surface area contributed by atoms with Gasteiger partial charge in [-0.1, -0.05) is 97.0 Å². The number of hydrogen-bond donors (Lipinski definition) is 2. The highest BCUT2D eigenvalue weighted by Gasteiger charge is 2.42. The van der Waals surface area contributed by atoms with Crippen LogP contribution in [-0.4, -0.2) is 33.9 Å². The smallest absolute Gasteiger partial charge is 0.348 e. The minimum Gasteiger partial charge on any atom is -0.478 e. The first-order valence-electron chi connectivity index (χ1n) is 11.6. The number of esters is 1. The van der Waals surface area contributed by atoms with Crippen molar-refractivity contribution in [1.29, 1.82) is 0 Å². The van der Waals surface area contributed by atoms with E-state index < -0.39 is 23.6 Å². The van der Waals surface area contributed by atoms with Gasteiger partial charge in [0.15, 0.2) is 0 Å². The van der Waals surface area contributed by atoms with E-state index in [0.29, 0.717) is 6.42 Å². The van der Waals surface area contributed by atoms with Crippen molar-refractivity contribution in [3.8, 4) is 0 Å². The molecule has 0 fully saturated rings. The van der Waals surface area contributed by atoms with Gasteiger partial charge in [-0.3, -0.25) is 0 Å². The molecule has 0 saturated carbocycles. The predicted octanol–water partition coefficient (Wildman–Crippen LogP) is 6.18. The molecule has 29 heavy (non-hydrogen) atoms. The average molecular weight is 413 g/mol.